The molecular formula is C11H12ClNO. The van der Waals surface area contributed by atoms with Gasteiger partial charge in [0.1, 0.15) is 5.75 Å². The van der Waals surface area contributed by atoms with Gasteiger partial charge in [-0.15, -0.1) is 0 Å². The van der Waals surface area contributed by atoms with Crippen LogP contribution in [-0.2, 0) is 0 Å². The molecule has 0 aliphatic heterocycles. The Morgan fingerprint density at radius 3 is 3.00 bits per heavy atom. The standard InChI is InChI=1S/C11H12ClNO/c1-13-7-3-2-4-9-8-10(12)5-6-11(9)14/h5-6,8,13-14H,3,7H2,1H3. The van der Waals surface area contributed by atoms with Crippen LogP contribution in [0.15, 0.2) is 18.2 Å². The summed E-state index contributed by atoms with van der Waals surface area (Å²) in [5, 5.41) is 13.0. The molecule has 2 N–H and O–H groups in total. The monoisotopic (exact) mass is 209 g/mol. The molecule has 1 rings (SSSR count). The summed E-state index contributed by atoms with van der Waals surface area (Å²) in [6, 6.07) is 4.84. The van der Waals surface area contributed by atoms with Crippen molar-refractivity contribution in [2.45, 2.75) is 6.42 Å². The third-order valence-electron chi connectivity index (χ3n) is 1.68. The van der Waals surface area contributed by atoms with E-state index in [1.165, 1.54) is 0 Å². The number of rotatable bonds is 2. The maximum absolute atomic E-state index is 9.41. The van der Waals surface area contributed by atoms with E-state index in [0.717, 1.165) is 13.0 Å². The van der Waals surface area contributed by atoms with Crippen LogP contribution in [0.25, 0.3) is 0 Å². The Labute approximate surface area is 88.9 Å². The largest absolute Gasteiger partial charge is 0.507 e. The zero-order valence-electron chi connectivity index (χ0n) is 7.97. The number of hydrogen-bond acceptors (Lipinski definition) is 2. The molecule has 0 saturated carbocycles. The maximum atomic E-state index is 9.41. The number of hydrogen-bond donors (Lipinski definition) is 2. The second-order valence-corrected chi connectivity index (χ2v) is 3.25. The summed E-state index contributed by atoms with van der Waals surface area (Å²) in [5.41, 5.74) is 0.577. The number of nitrogens with one attached hydrogen (secondary N) is 1. The Morgan fingerprint density at radius 2 is 2.29 bits per heavy atom. The average molecular weight is 210 g/mol. The van der Waals surface area contributed by atoms with Gasteiger partial charge in [0.2, 0.25) is 0 Å². The van der Waals surface area contributed by atoms with Crippen LogP contribution >= 0.6 is 11.6 Å². The second kappa shape index (κ2) is 5.54. The van der Waals surface area contributed by atoms with E-state index in [0.29, 0.717) is 10.6 Å². The lowest BCUT2D eigenvalue weighted by molar-refractivity contribution is 0.473. The van der Waals surface area contributed by atoms with Gasteiger partial charge in [0.15, 0.2) is 0 Å². The molecule has 0 amide bonds. The van der Waals surface area contributed by atoms with Gasteiger partial charge >= 0.3 is 0 Å². The van der Waals surface area contributed by atoms with E-state index in [9.17, 15) is 5.11 Å². The molecule has 1 aromatic rings. The molecule has 0 aliphatic carbocycles. The van der Waals surface area contributed by atoms with E-state index in [4.69, 9.17) is 11.6 Å². The van der Waals surface area contributed by atoms with Crippen molar-refractivity contribution in [3.8, 4) is 17.6 Å². The summed E-state index contributed by atoms with van der Waals surface area (Å²) in [6.45, 7) is 0.842. The fourth-order valence-corrected chi connectivity index (χ4v) is 1.13. The highest BCUT2D eigenvalue weighted by atomic mass is 35.5. The van der Waals surface area contributed by atoms with E-state index in [1.54, 1.807) is 18.2 Å². The van der Waals surface area contributed by atoms with Crippen molar-refractivity contribution >= 4 is 11.6 Å². The second-order valence-electron chi connectivity index (χ2n) is 2.82. The van der Waals surface area contributed by atoms with Crippen LogP contribution in [0.3, 0.4) is 0 Å². The molecule has 0 spiro atoms. The number of halogens is 1. The van der Waals surface area contributed by atoms with Crippen LogP contribution in [0, 0.1) is 11.8 Å². The van der Waals surface area contributed by atoms with Crippen molar-refractivity contribution in [1.82, 2.24) is 5.32 Å². The normalized spacial score (nSPS) is 9.29. The summed E-state index contributed by atoms with van der Waals surface area (Å²) in [5.74, 6) is 5.98. The molecule has 0 fully saturated rings. The Kier molecular flexibility index (Phi) is 4.31. The van der Waals surface area contributed by atoms with E-state index in [2.05, 4.69) is 17.2 Å². The van der Waals surface area contributed by atoms with Crippen molar-refractivity contribution in [3.05, 3.63) is 28.8 Å². The minimum Gasteiger partial charge on any atom is -0.507 e. The highest BCUT2D eigenvalue weighted by molar-refractivity contribution is 6.30. The molecular weight excluding hydrogens is 198 g/mol. The first-order chi connectivity index (χ1) is 6.74. The first-order valence-corrected chi connectivity index (χ1v) is 4.74. The molecule has 1 aromatic carbocycles. The molecule has 0 heterocycles. The van der Waals surface area contributed by atoms with Gasteiger partial charge in [-0.05, 0) is 25.2 Å². The van der Waals surface area contributed by atoms with Gasteiger partial charge in [0, 0.05) is 18.0 Å². The predicted molar refractivity (Wildman–Crippen MR) is 58.5 cm³/mol. The van der Waals surface area contributed by atoms with Crippen molar-refractivity contribution in [1.29, 1.82) is 0 Å². The Hall–Kier alpha value is -1.17. The van der Waals surface area contributed by atoms with Gasteiger partial charge in [0.25, 0.3) is 0 Å². The third kappa shape index (κ3) is 3.29. The SMILES string of the molecule is CNCCC#Cc1cc(Cl)ccc1O. The molecule has 0 aromatic heterocycles. The predicted octanol–water partition coefficient (Wildman–Crippen LogP) is 2.01. The Bertz CT molecular complexity index is 365. The quantitative estimate of drug-likeness (QED) is 0.577. The number of aromatic hydroxyl groups is 1. The molecule has 14 heavy (non-hydrogen) atoms. The van der Waals surface area contributed by atoms with Crippen molar-refractivity contribution in [2.24, 2.45) is 0 Å². The number of phenolic OH excluding ortho intramolecular Hbond substituents is 1. The minimum absolute atomic E-state index is 0.173. The van der Waals surface area contributed by atoms with Crippen LogP contribution in [-0.4, -0.2) is 18.7 Å². The first kappa shape index (κ1) is 10.9. The van der Waals surface area contributed by atoms with Crippen LogP contribution in [0.2, 0.25) is 5.02 Å². The summed E-state index contributed by atoms with van der Waals surface area (Å²) < 4.78 is 0. The third-order valence-corrected chi connectivity index (χ3v) is 1.92. The molecule has 3 heteroatoms. The zero-order chi connectivity index (χ0) is 10.4. The molecule has 0 radical (unpaired) electrons. The van der Waals surface area contributed by atoms with E-state index >= 15 is 0 Å². The van der Waals surface area contributed by atoms with Crippen molar-refractivity contribution in [2.75, 3.05) is 13.6 Å². The Morgan fingerprint density at radius 1 is 1.50 bits per heavy atom. The van der Waals surface area contributed by atoms with E-state index in [-0.39, 0.29) is 5.75 Å². The molecule has 0 atom stereocenters. The van der Waals surface area contributed by atoms with Gasteiger partial charge in [-0.2, -0.15) is 0 Å². The fraction of sp³-hybridized carbons (Fsp3) is 0.273. The highest BCUT2D eigenvalue weighted by Gasteiger charge is 1.97. The van der Waals surface area contributed by atoms with Crippen LogP contribution in [0.5, 0.6) is 5.75 Å². The van der Waals surface area contributed by atoms with Gasteiger partial charge in [-0.25, -0.2) is 0 Å². The lowest BCUT2D eigenvalue weighted by Gasteiger charge is -1.96. The molecule has 0 bridgehead atoms. The summed E-state index contributed by atoms with van der Waals surface area (Å²) in [6.07, 6.45) is 0.752. The van der Waals surface area contributed by atoms with Gasteiger partial charge in [-0.3, -0.25) is 0 Å². The zero-order valence-corrected chi connectivity index (χ0v) is 8.73. The molecule has 0 unspecified atom stereocenters. The molecule has 2 nitrogen and oxygen atoms in total. The highest BCUT2D eigenvalue weighted by Crippen LogP contribution is 2.20. The summed E-state index contributed by atoms with van der Waals surface area (Å²) >= 11 is 5.77. The van der Waals surface area contributed by atoms with Crippen LogP contribution in [0.4, 0.5) is 0 Å². The fourth-order valence-electron chi connectivity index (χ4n) is 0.954. The minimum atomic E-state index is 0.173. The lowest BCUT2D eigenvalue weighted by Crippen LogP contribution is -2.05. The first-order valence-electron chi connectivity index (χ1n) is 4.36. The number of phenols is 1. The number of benzene rings is 1. The van der Waals surface area contributed by atoms with Crippen LogP contribution in [0.1, 0.15) is 12.0 Å². The van der Waals surface area contributed by atoms with Crippen LogP contribution < -0.4 is 5.32 Å². The van der Waals surface area contributed by atoms with E-state index < -0.39 is 0 Å². The topological polar surface area (TPSA) is 32.3 Å². The van der Waals surface area contributed by atoms with Crippen molar-refractivity contribution < 1.29 is 5.11 Å². The Balaban J connectivity index is 2.73. The van der Waals surface area contributed by atoms with E-state index in [1.807, 2.05) is 7.05 Å². The van der Waals surface area contributed by atoms with Crippen molar-refractivity contribution in [3.63, 3.8) is 0 Å². The smallest absolute Gasteiger partial charge is 0.131 e. The van der Waals surface area contributed by atoms with Gasteiger partial charge in [0.05, 0.1) is 5.56 Å². The van der Waals surface area contributed by atoms with Gasteiger partial charge in [-0.1, -0.05) is 23.4 Å². The summed E-state index contributed by atoms with van der Waals surface area (Å²) in [4.78, 5) is 0. The molecule has 0 aliphatic rings. The molecule has 0 saturated heterocycles. The molecule has 74 valence electrons. The maximum Gasteiger partial charge on any atom is 0.131 e. The average Bonchev–Trinajstić information content (AvgIpc) is 2.18. The van der Waals surface area contributed by atoms with Gasteiger partial charge < -0.3 is 10.4 Å². The summed E-state index contributed by atoms with van der Waals surface area (Å²) in [7, 11) is 1.87. The lowest BCUT2D eigenvalue weighted by atomic mass is 10.2.